The summed E-state index contributed by atoms with van der Waals surface area (Å²) in [5, 5.41) is 2.77. The predicted octanol–water partition coefficient (Wildman–Crippen LogP) is 5.65. The van der Waals surface area contributed by atoms with Crippen molar-refractivity contribution < 1.29 is 32.2 Å². The molecule has 3 aromatic carbocycles. The van der Waals surface area contributed by atoms with E-state index < -0.39 is 17.6 Å². The topological polar surface area (TPSA) is 56.8 Å². The lowest BCUT2D eigenvalue weighted by atomic mass is 9.98. The minimum atomic E-state index is -4.43. The zero-order chi connectivity index (χ0) is 22.6. The Morgan fingerprint density at radius 2 is 1.42 bits per heavy atom. The van der Waals surface area contributed by atoms with Gasteiger partial charge in [-0.15, -0.1) is 0 Å². The predicted molar refractivity (Wildman–Crippen MR) is 111 cm³/mol. The van der Waals surface area contributed by atoms with Crippen molar-refractivity contribution >= 4 is 11.6 Å². The molecule has 162 valence electrons. The largest absolute Gasteiger partial charge is 0.493 e. The second kappa shape index (κ2) is 8.99. The normalized spacial score (nSPS) is 11.0. The second-order valence-electron chi connectivity index (χ2n) is 6.49. The van der Waals surface area contributed by atoms with Crippen molar-refractivity contribution in [3.8, 4) is 28.4 Å². The second-order valence-corrected chi connectivity index (χ2v) is 6.49. The molecule has 1 amide bonds. The van der Waals surface area contributed by atoms with Gasteiger partial charge >= 0.3 is 6.18 Å². The van der Waals surface area contributed by atoms with E-state index in [2.05, 4.69) is 5.32 Å². The number of rotatable bonds is 6. The van der Waals surface area contributed by atoms with E-state index >= 15 is 0 Å². The molecule has 0 aliphatic heterocycles. The lowest BCUT2D eigenvalue weighted by Gasteiger charge is -2.15. The van der Waals surface area contributed by atoms with E-state index in [1.165, 1.54) is 33.5 Å². The van der Waals surface area contributed by atoms with Crippen LogP contribution in [-0.4, -0.2) is 27.2 Å². The maximum Gasteiger partial charge on any atom is 0.416 e. The number of hydrogen-bond donors (Lipinski definition) is 1. The summed E-state index contributed by atoms with van der Waals surface area (Å²) in [4.78, 5) is 13.0. The number of carbonyl (C=O) groups excluding carboxylic acids is 1. The van der Waals surface area contributed by atoms with E-state index in [0.29, 0.717) is 39.6 Å². The van der Waals surface area contributed by atoms with Crippen molar-refractivity contribution in [3.63, 3.8) is 0 Å². The molecular formula is C23H20F3NO4. The molecule has 3 rings (SSSR count). The van der Waals surface area contributed by atoms with Gasteiger partial charge in [0.05, 0.1) is 26.9 Å². The summed E-state index contributed by atoms with van der Waals surface area (Å²) in [6.07, 6.45) is -4.43. The van der Waals surface area contributed by atoms with Crippen LogP contribution in [0.4, 0.5) is 18.9 Å². The first-order valence-electron chi connectivity index (χ1n) is 9.16. The third-order valence-electron chi connectivity index (χ3n) is 4.62. The molecule has 8 heteroatoms. The molecule has 0 fully saturated rings. The molecule has 0 saturated carbocycles. The Hall–Kier alpha value is -3.68. The fourth-order valence-electron chi connectivity index (χ4n) is 3.12. The number of ether oxygens (including phenoxy) is 3. The van der Waals surface area contributed by atoms with Gasteiger partial charge in [-0.05, 0) is 29.3 Å². The number of nitrogens with one attached hydrogen (secondary N) is 1. The molecule has 0 saturated heterocycles. The van der Waals surface area contributed by atoms with Crippen LogP contribution in [0.1, 0.15) is 15.9 Å². The molecule has 31 heavy (non-hydrogen) atoms. The maximum atomic E-state index is 13.0. The van der Waals surface area contributed by atoms with E-state index in [-0.39, 0.29) is 0 Å². The smallest absolute Gasteiger partial charge is 0.416 e. The van der Waals surface area contributed by atoms with Gasteiger partial charge in [0.15, 0.2) is 11.5 Å². The quantitative estimate of drug-likeness (QED) is 0.548. The zero-order valence-corrected chi connectivity index (χ0v) is 17.0. The van der Waals surface area contributed by atoms with Gasteiger partial charge in [-0.2, -0.15) is 13.2 Å². The van der Waals surface area contributed by atoms with Crippen molar-refractivity contribution in [2.45, 2.75) is 6.18 Å². The highest BCUT2D eigenvalue weighted by molar-refractivity contribution is 6.09. The number of alkyl halides is 3. The number of hydrogen-bond acceptors (Lipinski definition) is 4. The fraction of sp³-hybridized carbons (Fsp3) is 0.174. The molecule has 0 bridgehead atoms. The number of amides is 1. The summed E-state index contributed by atoms with van der Waals surface area (Å²) >= 11 is 0. The average Bonchev–Trinajstić information content (AvgIpc) is 2.77. The Balaban J connectivity index is 1.94. The molecule has 0 radical (unpaired) electrons. The summed E-state index contributed by atoms with van der Waals surface area (Å²) in [6, 6.07) is 14.5. The standard InChI is InChI=1S/C23H20F3NO4/c1-29-19-12-16(13-20(30-2)21(19)31-3)27-22(28)18-7-5-4-6-17(18)14-8-10-15(11-9-14)23(24,25)26/h4-13H,1-3H3,(H,27,28). The third kappa shape index (κ3) is 4.74. The number of methoxy groups -OCH3 is 3. The molecule has 0 aliphatic rings. The summed E-state index contributed by atoms with van der Waals surface area (Å²) < 4.78 is 54.4. The number of carbonyl (C=O) groups is 1. The highest BCUT2D eigenvalue weighted by Crippen LogP contribution is 2.40. The van der Waals surface area contributed by atoms with E-state index in [1.54, 1.807) is 36.4 Å². The molecule has 1 N–H and O–H groups in total. The van der Waals surface area contributed by atoms with Crippen molar-refractivity contribution in [2.75, 3.05) is 26.6 Å². The fourth-order valence-corrected chi connectivity index (χ4v) is 3.12. The van der Waals surface area contributed by atoms with Crippen molar-refractivity contribution in [1.82, 2.24) is 0 Å². The molecule has 0 unspecified atom stereocenters. The van der Waals surface area contributed by atoms with Gasteiger partial charge in [0.1, 0.15) is 0 Å². The Labute approximate surface area is 177 Å². The van der Waals surface area contributed by atoms with Crippen LogP contribution in [0, 0.1) is 0 Å². The van der Waals surface area contributed by atoms with Crippen LogP contribution in [0.25, 0.3) is 11.1 Å². The summed E-state index contributed by atoms with van der Waals surface area (Å²) in [6.45, 7) is 0. The van der Waals surface area contributed by atoms with Crippen molar-refractivity contribution in [2.24, 2.45) is 0 Å². The Morgan fingerprint density at radius 3 is 1.94 bits per heavy atom. The minimum absolute atomic E-state index is 0.302. The van der Waals surface area contributed by atoms with E-state index in [4.69, 9.17) is 14.2 Å². The zero-order valence-electron chi connectivity index (χ0n) is 17.0. The Morgan fingerprint density at radius 1 is 0.839 bits per heavy atom. The van der Waals surface area contributed by atoms with Gasteiger partial charge in [0, 0.05) is 23.4 Å². The molecule has 0 heterocycles. The Bertz CT molecular complexity index is 1050. The van der Waals surface area contributed by atoms with Gasteiger partial charge in [-0.25, -0.2) is 0 Å². The maximum absolute atomic E-state index is 13.0. The first kappa shape index (κ1) is 22.0. The number of halogens is 3. The van der Waals surface area contributed by atoms with Crippen LogP contribution < -0.4 is 19.5 Å². The summed E-state index contributed by atoms with van der Waals surface area (Å²) in [5.74, 6) is 0.680. The minimum Gasteiger partial charge on any atom is -0.493 e. The van der Waals surface area contributed by atoms with E-state index in [0.717, 1.165) is 12.1 Å². The SMILES string of the molecule is COc1cc(NC(=O)c2ccccc2-c2ccc(C(F)(F)F)cc2)cc(OC)c1OC. The monoisotopic (exact) mass is 431 g/mol. The molecule has 0 spiro atoms. The molecule has 0 aliphatic carbocycles. The third-order valence-corrected chi connectivity index (χ3v) is 4.62. The highest BCUT2D eigenvalue weighted by Gasteiger charge is 2.30. The first-order chi connectivity index (χ1) is 14.8. The lowest BCUT2D eigenvalue weighted by Crippen LogP contribution is -2.13. The van der Waals surface area contributed by atoms with Gasteiger partial charge in [0.25, 0.3) is 5.91 Å². The van der Waals surface area contributed by atoms with Gasteiger partial charge in [-0.3, -0.25) is 4.79 Å². The molecule has 0 atom stereocenters. The Kier molecular flexibility index (Phi) is 6.39. The van der Waals surface area contributed by atoms with Crippen LogP contribution >= 0.6 is 0 Å². The van der Waals surface area contributed by atoms with Crippen LogP contribution in [0.3, 0.4) is 0 Å². The number of anilines is 1. The molecular weight excluding hydrogens is 411 g/mol. The van der Waals surface area contributed by atoms with Crippen molar-refractivity contribution in [1.29, 1.82) is 0 Å². The van der Waals surface area contributed by atoms with Crippen LogP contribution in [0.5, 0.6) is 17.2 Å². The van der Waals surface area contributed by atoms with Crippen LogP contribution in [0.2, 0.25) is 0 Å². The van der Waals surface area contributed by atoms with Crippen molar-refractivity contribution in [3.05, 3.63) is 71.8 Å². The highest BCUT2D eigenvalue weighted by atomic mass is 19.4. The summed E-state index contributed by atoms with van der Waals surface area (Å²) in [5.41, 5.74) is 0.943. The molecule has 5 nitrogen and oxygen atoms in total. The van der Waals surface area contributed by atoms with Gasteiger partial charge in [-0.1, -0.05) is 30.3 Å². The lowest BCUT2D eigenvalue weighted by molar-refractivity contribution is -0.137. The molecule has 3 aromatic rings. The molecule has 0 aromatic heterocycles. The first-order valence-corrected chi connectivity index (χ1v) is 9.16. The number of benzene rings is 3. The van der Waals surface area contributed by atoms with Crippen LogP contribution in [0.15, 0.2) is 60.7 Å². The van der Waals surface area contributed by atoms with E-state index in [1.807, 2.05) is 0 Å². The van der Waals surface area contributed by atoms with E-state index in [9.17, 15) is 18.0 Å². The van der Waals surface area contributed by atoms with Gasteiger partial charge < -0.3 is 19.5 Å². The van der Waals surface area contributed by atoms with Crippen LogP contribution in [-0.2, 0) is 6.18 Å². The summed E-state index contributed by atoms with van der Waals surface area (Å²) in [7, 11) is 4.39. The average molecular weight is 431 g/mol. The van der Waals surface area contributed by atoms with Gasteiger partial charge in [0.2, 0.25) is 5.75 Å².